The van der Waals surface area contributed by atoms with Crippen LogP contribution in [0.1, 0.15) is 30.4 Å². The van der Waals surface area contributed by atoms with Gasteiger partial charge in [0, 0.05) is 26.7 Å². The molecule has 0 fully saturated rings. The summed E-state index contributed by atoms with van der Waals surface area (Å²) in [5.74, 6) is -0.163. The first kappa shape index (κ1) is 17.2. The second kappa shape index (κ2) is 7.82. The predicted molar refractivity (Wildman–Crippen MR) is 85.6 cm³/mol. The zero-order chi connectivity index (χ0) is 16.0. The third-order valence-electron chi connectivity index (χ3n) is 3.01. The second-order valence-electron chi connectivity index (χ2n) is 4.49. The summed E-state index contributed by atoms with van der Waals surface area (Å²) in [6.45, 7) is 7.76. The number of nitrogen functional groups attached to an aromatic ring is 1. The lowest BCUT2D eigenvalue weighted by atomic mass is 10.4. The van der Waals surface area contributed by atoms with Crippen molar-refractivity contribution >= 4 is 34.1 Å². The number of rotatable bonds is 7. The van der Waals surface area contributed by atoms with Gasteiger partial charge in [-0.2, -0.15) is 0 Å². The molecule has 118 valence electrons. The minimum atomic E-state index is -0.283. The molecule has 2 amide bonds. The number of thiazole rings is 1. The van der Waals surface area contributed by atoms with E-state index in [4.69, 9.17) is 5.73 Å². The molecule has 1 aromatic heterocycles. The minimum absolute atomic E-state index is 0.0361. The molecule has 8 heteroatoms. The van der Waals surface area contributed by atoms with Crippen LogP contribution in [-0.4, -0.2) is 59.8 Å². The number of nitrogens with two attached hydrogens (primary N) is 1. The molecule has 0 spiro atoms. The van der Waals surface area contributed by atoms with Crippen molar-refractivity contribution in [1.82, 2.24) is 14.8 Å². The standard InChI is InChI=1S/C13H23N5O2S/c1-5-15-13-16-11(14)10(21-13)12(20)17(4)8-9(19)18(6-2)7-3/h5-8,14H2,1-4H3,(H,15,16). The number of anilines is 2. The summed E-state index contributed by atoms with van der Waals surface area (Å²) in [4.78, 5) is 31.9. The monoisotopic (exact) mass is 313 g/mol. The van der Waals surface area contributed by atoms with Crippen LogP contribution in [0.4, 0.5) is 10.9 Å². The Hall–Kier alpha value is -1.83. The molecular weight excluding hydrogens is 290 g/mol. The van der Waals surface area contributed by atoms with Crippen LogP contribution in [0.25, 0.3) is 0 Å². The first-order valence-electron chi connectivity index (χ1n) is 6.97. The number of aromatic nitrogens is 1. The zero-order valence-corrected chi connectivity index (χ0v) is 13.8. The maximum Gasteiger partial charge on any atom is 0.268 e. The number of hydrogen-bond acceptors (Lipinski definition) is 6. The first-order valence-corrected chi connectivity index (χ1v) is 7.79. The van der Waals surface area contributed by atoms with Gasteiger partial charge in [0.2, 0.25) is 5.91 Å². The molecule has 1 rings (SSSR count). The molecule has 0 unspecified atom stereocenters. The van der Waals surface area contributed by atoms with Crippen LogP contribution in [-0.2, 0) is 4.79 Å². The van der Waals surface area contributed by atoms with E-state index in [0.717, 1.165) is 0 Å². The molecule has 0 saturated carbocycles. The Kier molecular flexibility index (Phi) is 6.41. The maximum absolute atomic E-state index is 12.3. The molecule has 3 N–H and O–H groups in total. The molecule has 0 aliphatic rings. The summed E-state index contributed by atoms with van der Waals surface area (Å²) in [5.41, 5.74) is 5.77. The largest absolute Gasteiger partial charge is 0.382 e. The molecule has 0 aliphatic heterocycles. The van der Waals surface area contributed by atoms with Gasteiger partial charge >= 0.3 is 0 Å². The van der Waals surface area contributed by atoms with Gasteiger partial charge in [-0.15, -0.1) is 0 Å². The fraction of sp³-hybridized carbons (Fsp3) is 0.615. The number of carbonyl (C=O) groups excluding carboxylic acids is 2. The molecule has 0 atom stereocenters. The normalized spacial score (nSPS) is 10.3. The van der Waals surface area contributed by atoms with Gasteiger partial charge in [-0.1, -0.05) is 11.3 Å². The van der Waals surface area contributed by atoms with E-state index in [0.29, 0.717) is 29.6 Å². The smallest absolute Gasteiger partial charge is 0.268 e. The molecule has 7 nitrogen and oxygen atoms in total. The SMILES string of the molecule is CCNc1nc(N)c(C(=O)N(C)CC(=O)N(CC)CC)s1. The Bertz CT molecular complexity index is 499. The van der Waals surface area contributed by atoms with Crippen LogP contribution in [0, 0.1) is 0 Å². The van der Waals surface area contributed by atoms with Gasteiger partial charge in [0.1, 0.15) is 10.7 Å². The summed E-state index contributed by atoms with van der Waals surface area (Å²) in [6, 6.07) is 0. The summed E-state index contributed by atoms with van der Waals surface area (Å²) in [6.07, 6.45) is 0. The number of nitrogens with one attached hydrogen (secondary N) is 1. The Morgan fingerprint density at radius 1 is 1.29 bits per heavy atom. The molecule has 0 aromatic carbocycles. The van der Waals surface area contributed by atoms with Crippen LogP contribution in [0.15, 0.2) is 0 Å². The minimum Gasteiger partial charge on any atom is -0.382 e. The van der Waals surface area contributed by atoms with Crippen molar-refractivity contribution < 1.29 is 9.59 Å². The molecular formula is C13H23N5O2S. The van der Waals surface area contributed by atoms with Gasteiger partial charge in [0.05, 0.1) is 6.54 Å². The zero-order valence-electron chi connectivity index (χ0n) is 13.0. The van der Waals surface area contributed by atoms with Crippen molar-refractivity contribution in [2.45, 2.75) is 20.8 Å². The van der Waals surface area contributed by atoms with E-state index in [9.17, 15) is 9.59 Å². The summed E-state index contributed by atoms with van der Waals surface area (Å²) in [7, 11) is 1.59. The van der Waals surface area contributed by atoms with Gasteiger partial charge < -0.3 is 20.9 Å². The van der Waals surface area contributed by atoms with E-state index in [1.807, 2.05) is 20.8 Å². The quantitative estimate of drug-likeness (QED) is 0.786. The van der Waals surface area contributed by atoms with Crippen molar-refractivity contribution in [1.29, 1.82) is 0 Å². The fourth-order valence-corrected chi connectivity index (χ4v) is 2.78. The number of nitrogens with zero attached hydrogens (tertiary/aromatic N) is 3. The van der Waals surface area contributed by atoms with Crippen molar-refractivity contribution in [3.05, 3.63) is 4.88 Å². The van der Waals surface area contributed by atoms with Crippen molar-refractivity contribution in [3.63, 3.8) is 0 Å². The summed E-state index contributed by atoms with van der Waals surface area (Å²) >= 11 is 1.20. The van der Waals surface area contributed by atoms with Crippen LogP contribution in [0.2, 0.25) is 0 Å². The predicted octanol–water partition coefficient (Wildman–Crippen LogP) is 1.10. The third kappa shape index (κ3) is 4.32. The highest BCUT2D eigenvalue weighted by atomic mass is 32.1. The molecule has 0 aliphatic carbocycles. The number of amides is 2. The highest BCUT2D eigenvalue weighted by Gasteiger charge is 2.22. The highest BCUT2D eigenvalue weighted by Crippen LogP contribution is 2.25. The molecule has 1 heterocycles. The summed E-state index contributed by atoms with van der Waals surface area (Å²) < 4.78 is 0. The van der Waals surface area contributed by atoms with Gasteiger partial charge in [-0.3, -0.25) is 9.59 Å². The Labute approximate surface area is 129 Å². The molecule has 0 saturated heterocycles. The van der Waals surface area contributed by atoms with Crippen LogP contribution in [0.3, 0.4) is 0 Å². The lowest BCUT2D eigenvalue weighted by Gasteiger charge is -2.22. The van der Waals surface area contributed by atoms with E-state index < -0.39 is 0 Å². The number of hydrogen-bond donors (Lipinski definition) is 2. The lowest BCUT2D eigenvalue weighted by molar-refractivity contribution is -0.131. The first-order chi connectivity index (χ1) is 9.94. The lowest BCUT2D eigenvalue weighted by Crippen LogP contribution is -2.41. The van der Waals surface area contributed by atoms with Crippen LogP contribution >= 0.6 is 11.3 Å². The topological polar surface area (TPSA) is 91.6 Å². The Morgan fingerprint density at radius 2 is 1.90 bits per heavy atom. The van der Waals surface area contributed by atoms with Crippen molar-refractivity contribution in [2.75, 3.05) is 44.3 Å². The van der Waals surface area contributed by atoms with Crippen LogP contribution < -0.4 is 11.1 Å². The Morgan fingerprint density at radius 3 is 2.43 bits per heavy atom. The average molecular weight is 313 g/mol. The van der Waals surface area contributed by atoms with Gasteiger partial charge in [0.15, 0.2) is 5.13 Å². The average Bonchev–Trinajstić information content (AvgIpc) is 2.80. The van der Waals surface area contributed by atoms with Gasteiger partial charge in [-0.25, -0.2) is 4.98 Å². The van der Waals surface area contributed by atoms with Crippen molar-refractivity contribution in [3.8, 4) is 0 Å². The van der Waals surface area contributed by atoms with E-state index in [1.54, 1.807) is 11.9 Å². The van der Waals surface area contributed by atoms with Gasteiger partial charge in [-0.05, 0) is 20.8 Å². The number of likely N-dealkylation sites (N-methyl/N-ethyl adjacent to an activating group) is 2. The van der Waals surface area contributed by atoms with Crippen molar-refractivity contribution in [2.24, 2.45) is 0 Å². The molecule has 0 radical (unpaired) electrons. The fourth-order valence-electron chi connectivity index (χ4n) is 1.84. The van der Waals surface area contributed by atoms with E-state index in [-0.39, 0.29) is 24.2 Å². The van der Waals surface area contributed by atoms with E-state index in [2.05, 4.69) is 10.3 Å². The molecule has 0 bridgehead atoms. The third-order valence-corrected chi connectivity index (χ3v) is 4.03. The highest BCUT2D eigenvalue weighted by molar-refractivity contribution is 7.18. The van der Waals surface area contributed by atoms with E-state index >= 15 is 0 Å². The second-order valence-corrected chi connectivity index (χ2v) is 5.49. The Balaban J connectivity index is 2.76. The molecule has 1 aromatic rings. The maximum atomic E-state index is 12.3. The molecule has 21 heavy (non-hydrogen) atoms. The summed E-state index contributed by atoms with van der Waals surface area (Å²) in [5, 5.41) is 3.63. The number of carbonyl (C=O) groups is 2. The van der Waals surface area contributed by atoms with Gasteiger partial charge in [0.25, 0.3) is 5.91 Å². The van der Waals surface area contributed by atoms with Crippen LogP contribution in [0.5, 0.6) is 0 Å². The van der Waals surface area contributed by atoms with E-state index in [1.165, 1.54) is 16.2 Å².